The van der Waals surface area contributed by atoms with Crippen LogP contribution in [-0.4, -0.2) is 32.2 Å². The summed E-state index contributed by atoms with van der Waals surface area (Å²) in [7, 11) is -3.51. The minimum absolute atomic E-state index is 0.199. The van der Waals surface area contributed by atoms with Crippen LogP contribution in [0.15, 0.2) is 48.5 Å². The minimum Gasteiger partial charge on any atom is -0.449 e. The molecule has 0 fully saturated rings. The number of hydrogen-bond donors (Lipinski definition) is 1. The van der Waals surface area contributed by atoms with Crippen molar-refractivity contribution >= 4 is 21.7 Å². The van der Waals surface area contributed by atoms with E-state index in [9.17, 15) is 18.0 Å². The molecule has 1 N–H and O–H groups in total. The van der Waals surface area contributed by atoms with Crippen molar-refractivity contribution in [3.05, 3.63) is 70.8 Å². The first-order chi connectivity index (χ1) is 13.7. The van der Waals surface area contributed by atoms with Gasteiger partial charge in [-0.25, -0.2) is 13.2 Å². The van der Waals surface area contributed by atoms with E-state index in [1.54, 1.807) is 6.07 Å². The third-order valence-corrected chi connectivity index (χ3v) is 5.44. The summed E-state index contributed by atoms with van der Waals surface area (Å²) >= 11 is 0. The summed E-state index contributed by atoms with van der Waals surface area (Å²) in [5.41, 5.74) is 2.71. The van der Waals surface area contributed by atoms with Crippen LogP contribution in [0.4, 0.5) is 0 Å². The van der Waals surface area contributed by atoms with E-state index in [0.717, 1.165) is 11.1 Å². The third kappa shape index (κ3) is 7.05. The molecule has 0 aliphatic rings. The lowest BCUT2D eigenvalue weighted by Gasteiger charge is -2.14. The van der Waals surface area contributed by atoms with Gasteiger partial charge in [0.05, 0.1) is 17.4 Å². The molecule has 0 saturated carbocycles. The van der Waals surface area contributed by atoms with E-state index in [4.69, 9.17) is 10.00 Å². The highest BCUT2D eigenvalue weighted by Gasteiger charge is 2.19. The maximum Gasteiger partial charge on any atom is 0.338 e. The van der Waals surface area contributed by atoms with Gasteiger partial charge in [0.2, 0.25) is 0 Å². The average molecular weight is 414 g/mol. The number of rotatable bonds is 8. The highest BCUT2D eigenvalue weighted by Crippen LogP contribution is 2.11. The Kier molecular flexibility index (Phi) is 7.51. The van der Waals surface area contributed by atoms with Gasteiger partial charge in [-0.3, -0.25) is 4.79 Å². The second kappa shape index (κ2) is 9.85. The minimum atomic E-state index is -3.51. The van der Waals surface area contributed by atoms with Gasteiger partial charge in [0, 0.05) is 6.54 Å². The van der Waals surface area contributed by atoms with E-state index in [1.165, 1.54) is 31.2 Å². The van der Waals surface area contributed by atoms with Crippen molar-refractivity contribution in [1.82, 2.24) is 5.32 Å². The van der Waals surface area contributed by atoms with Gasteiger partial charge in [-0.15, -0.1) is 0 Å². The number of carbonyl (C=O) groups excluding carboxylic acids is 2. The van der Waals surface area contributed by atoms with Crippen molar-refractivity contribution in [2.75, 3.05) is 5.75 Å². The zero-order valence-corrected chi connectivity index (χ0v) is 17.0. The monoisotopic (exact) mass is 414 g/mol. The van der Waals surface area contributed by atoms with Gasteiger partial charge in [-0.1, -0.05) is 42.0 Å². The van der Waals surface area contributed by atoms with E-state index in [1.807, 2.05) is 31.2 Å². The number of sulfone groups is 1. The van der Waals surface area contributed by atoms with E-state index in [0.29, 0.717) is 12.1 Å². The number of aryl methyl sites for hydroxylation is 1. The predicted octanol–water partition coefficient (Wildman–Crippen LogP) is 2.30. The maximum absolute atomic E-state index is 12.2. The number of amides is 1. The SMILES string of the molecule is Cc1ccc(CNC(=O)[C@H](C)OC(=O)c2ccc(CS(=O)(=O)CC#N)cc2)cc1. The van der Waals surface area contributed by atoms with Gasteiger partial charge >= 0.3 is 5.97 Å². The predicted molar refractivity (Wildman–Crippen MR) is 107 cm³/mol. The summed E-state index contributed by atoms with van der Waals surface area (Å²) in [6.07, 6.45) is -0.983. The van der Waals surface area contributed by atoms with Gasteiger partial charge in [0.15, 0.2) is 15.9 Å². The largest absolute Gasteiger partial charge is 0.449 e. The van der Waals surface area contributed by atoms with Gasteiger partial charge in [0.25, 0.3) is 5.91 Å². The van der Waals surface area contributed by atoms with Crippen LogP contribution in [0.2, 0.25) is 0 Å². The molecule has 0 radical (unpaired) electrons. The van der Waals surface area contributed by atoms with Crippen molar-refractivity contribution in [1.29, 1.82) is 5.26 Å². The van der Waals surface area contributed by atoms with Crippen molar-refractivity contribution in [3.8, 4) is 6.07 Å². The van der Waals surface area contributed by atoms with Crippen LogP contribution in [0.5, 0.6) is 0 Å². The Morgan fingerprint density at radius 3 is 2.24 bits per heavy atom. The Bertz CT molecular complexity index is 1010. The number of ether oxygens (including phenoxy) is 1. The first kappa shape index (κ1) is 22.1. The van der Waals surface area contributed by atoms with E-state index < -0.39 is 33.6 Å². The lowest BCUT2D eigenvalue weighted by atomic mass is 10.1. The third-order valence-electron chi connectivity index (χ3n) is 4.10. The standard InChI is InChI=1S/C21H22N2O5S/c1-15-3-5-17(6-4-15)13-23-20(24)16(2)28-21(25)19-9-7-18(8-10-19)14-29(26,27)12-11-22/h3-10,16H,12-14H2,1-2H3,(H,23,24)/t16-/m0/s1. The number of benzene rings is 2. The highest BCUT2D eigenvalue weighted by molar-refractivity contribution is 7.90. The molecule has 0 aliphatic carbocycles. The van der Waals surface area contributed by atoms with Crippen LogP contribution in [0, 0.1) is 18.3 Å². The molecular formula is C21H22N2O5S. The molecule has 1 amide bonds. The molecule has 0 aliphatic heterocycles. The molecule has 1 atom stereocenters. The maximum atomic E-state index is 12.2. The fraction of sp³-hybridized carbons (Fsp3) is 0.286. The summed E-state index contributed by atoms with van der Waals surface area (Å²) in [4.78, 5) is 24.3. The second-order valence-electron chi connectivity index (χ2n) is 6.64. The molecule has 0 aromatic heterocycles. The molecule has 0 bridgehead atoms. The normalized spacial score (nSPS) is 11.9. The Balaban J connectivity index is 1.89. The van der Waals surface area contributed by atoms with Crippen molar-refractivity contribution < 1.29 is 22.7 Å². The summed E-state index contributed by atoms with van der Waals surface area (Å²) in [6, 6.07) is 15.1. The number of esters is 1. The van der Waals surface area contributed by atoms with Crippen molar-refractivity contribution in [2.24, 2.45) is 0 Å². The van der Waals surface area contributed by atoms with Crippen LogP contribution in [0.25, 0.3) is 0 Å². The molecular weight excluding hydrogens is 392 g/mol. The lowest BCUT2D eigenvalue weighted by molar-refractivity contribution is -0.129. The molecule has 2 aromatic carbocycles. The van der Waals surface area contributed by atoms with Crippen LogP contribution >= 0.6 is 0 Å². The Morgan fingerprint density at radius 1 is 1.07 bits per heavy atom. The van der Waals surface area contributed by atoms with Gasteiger partial charge < -0.3 is 10.1 Å². The van der Waals surface area contributed by atoms with E-state index in [2.05, 4.69) is 5.32 Å². The van der Waals surface area contributed by atoms with E-state index >= 15 is 0 Å². The quantitative estimate of drug-likeness (QED) is 0.663. The van der Waals surface area contributed by atoms with E-state index in [-0.39, 0.29) is 11.3 Å². The lowest BCUT2D eigenvalue weighted by Crippen LogP contribution is -2.35. The van der Waals surface area contributed by atoms with Gasteiger partial charge in [-0.2, -0.15) is 5.26 Å². The molecule has 0 heterocycles. The Hall–Kier alpha value is -3.18. The molecule has 2 rings (SSSR count). The van der Waals surface area contributed by atoms with Crippen LogP contribution < -0.4 is 5.32 Å². The van der Waals surface area contributed by atoms with Crippen molar-refractivity contribution in [3.63, 3.8) is 0 Å². The summed E-state index contributed by atoms with van der Waals surface area (Å²) in [5.74, 6) is -1.95. The summed E-state index contributed by atoms with van der Waals surface area (Å²) in [5, 5.41) is 11.2. The van der Waals surface area contributed by atoms with Crippen LogP contribution in [0.1, 0.15) is 34.0 Å². The first-order valence-corrected chi connectivity index (χ1v) is 10.7. The van der Waals surface area contributed by atoms with Gasteiger partial charge in [-0.05, 0) is 37.1 Å². The molecule has 7 nitrogen and oxygen atoms in total. The number of nitrogens with zero attached hydrogens (tertiary/aromatic N) is 1. The highest BCUT2D eigenvalue weighted by atomic mass is 32.2. The fourth-order valence-corrected chi connectivity index (χ4v) is 3.46. The topological polar surface area (TPSA) is 113 Å². The number of nitrogens with one attached hydrogen (secondary N) is 1. The zero-order chi connectivity index (χ0) is 21.4. The molecule has 0 spiro atoms. The fourth-order valence-electron chi connectivity index (χ4n) is 2.46. The van der Waals surface area contributed by atoms with Gasteiger partial charge in [0.1, 0.15) is 5.75 Å². The number of carbonyl (C=O) groups is 2. The number of hydrogen-bond acceptors (Lipinski definition) is 6. The molecule has 2 aromatic rings. The Labute approximate surface area is 170 Å². The smallest absolute Gasteiger partial charge is 0.338 e. The van der Waals surface area contributed by atoms with Crippen LogP contribution in [-0.2, 0) is 31.7 Å². The van der Waals surface area contributed by atoms with Crippen molar-refractivity contribution in [2.45, 2.75) is 32.2 Å². The zero-order valence-electron chi connectivity index (χ0n) is 16.2. The first-order valence-electron chi connectivity index (χ1n) is 8.91. The second-order valence-corrected chi connectivity index (χ2v) is 8.70. The average Bonchev–Trinajstić information content (AvgIpc) is 2.67. The number of nitriles is 1. The van der Waals surface area contributed by atoms with Crippen LogP contribution in [0.3, 0.4) is 0 Å². The molecule has 152 valence electrons. The molecule has 0 unspecified atom stereocenters. The molecule has 8 heteroatoms. The molecule has 0 saturated heterocycles. The molecule has 29 heavy (non-hydrogen) atoms. The summed E-state index contributed by atoms with van der Waals surface area (Å²) in [6.45, 7) is 3.78. The summed E-state index contributed by atoms with van der Waals surface area (Å²) < 4.78 is 28.5. The Morgan fingerprint density at radius 2 is 1.66 bits per heavy atom.